The first kappa shape index (κ1) is 24.3. The smallest absolute Gasteiger partial charge is 0.256 e. The summed E-state index contributed by atoms with van der Waals surface area (Å²) in [4.78, 5) is 28.3. The van der Waals surface area contributed by atoms with E-state index < -0.39 is 17.5 Å². The molecule has 1 amide bonds. The fourth-order valence-corrected chi connectivity index (χ4v) is 7.70. The van der Waals surface area contributed by atoms with E-state index in [1.807, 2.05) is 60.7 Å². The third-order valence-electron chi connectivity index (χ3n) is 8.70. The van der Waals surface area contributed by atoms with E-state index >= 15 is 0 Å². The van der Waals surface area contributed by atoms with E-state index in [0.717, 1.165) is 39.2 Å². The molecule has 7 rings (SSSR count). The second-order valence-corrected chi connectivity index (χ2v) is 11.4. The number of hydrogen-bond donors (Lipinski definition) is 1. The number of nitrogens with one attached hydrogen (secondary N) is 1. The van der Waals surface area contributed by atoms with Crippen molar-refractivity contribution >= 4 is 38.3 Å². The topological polar surface area (TPSA) is 84.7 Å². The third-order valence-corrected chi connectivity index (χ3v) is 9.32. The van der Waals surface area contributed by atoms with Gasteiger partial charge in [0.1, 0.15) is 12.4 Å². The SMILES string of the molecule is O=C1Nc2ccccc2[C@]12[C@H]([N+](=O)[O-])[C@@H](c1ccc(OCc3cccc4ccccc34)c(Br)c1)[C@@H]1CCCN12. The zero-order valence-corrected chi connectivity index (χ0v) is 22.6. The standard InChI is InChI=1S/C31H26BrN3O4/c32-24-17-20(14-15-27(24)39-18-21-9-5-8-19-7-1-2-10-22(19)21)28-26-13-6-16-34(26)31(29(28)35(37)38)23-11-3-4-12-25(23)33-30(31)36/h1-5,7-12,14-15,17,26,28-29H,6,13,16,18H2,(H,33,36)/t26-,28-,29+,31-/m0/s1. The van der Waals surface area contributed by atoms with Crippen LogP contribution in [0.5, 0.6) is 5.75 Å². The number of nitro groups is 1. The van der Waals surface area contributed by atoms with Gasteiger partial charge in [-0.1, -0.05) is 66.7 Å². The van der Waals surface area contributed by atoms with Crippen molar-refractivity contribution in [1.82, 2.24) is 4.90 Å². The summed E-state index contributed by atoms with van der Waals surface area (Å²) in [5.74, 6) is -0.0685. The summed E-state index contributed by atoms with van der Waals surface area (Å²) in [5, 5.41) is 18.1. The number of nitrogens with zero attached hydrogens (tertiary/aromatic N) is 2. The van der Waals surface area contributed by atoms with Gasteiger partial charge in [-0.15, -0.1) is 0 Å². The van der Waals surface area contributed by atoms with Gasteiger partial charge in [-0.25, -0.2) is 0 Å². The largest absolute Gasteiger partial charge is 0.488 e. The summed E-state index contributed by atoms with van der Waals surface area (Å²) in [6.45, 7) is 1.05. The highest BCUT2D eigenvalue weighted by Crippen LogP contribution is 2.58. The Balaban J connectivity index is 1.24. The Morgan fingerprint density at radius 2 is 1.85 bits per heavy atom. The van der Waals surface area contributed by atoms with Crippen LogP contribution in [0.3, 0.4) is 0 Å². The minimum atomic E-state index is -1.32. The Morgan fingerprint density at radius 1 is 1.05 bits per heavy atom. The predicted octanol–water partition coefficient (Wildman–Crippen LogP) is 6.24. The highest BCUT2D eigenvalue weighted by Gasteiger charge is 2.73. The van der Waals surface area contributed by atoms with Crippen molar-refractivity contribution < 1.29 is 14.5 Å². The average Bonchev–Trinajstić information content (AvgIpc) is 3.61. The number of anilines is 1. The van der Waals surface area contributed by atoms with E-state index in [9.17, 15) is 14.9 Å². The minimum Gasteiger partial charge on any atom is -0.488 e. The van der Waals surface area contributed by atoms with Gasteiger partial charge in [0.05, 0.1) is 10.4 Å². The van der Waals surface area contributed by atoms with Crippen molar-refractivity contribution in [3.63, 3.8) is 0 Å². The number of para-hydroxylation sites is 1. The van der Waals surface area contributed by atoms with Gasteiger partial charge in [0.15, 0.2) is 5.54 Å². The molecule has 3 heterocycles. The van der Waals surface area contributed by atoms with Crippen LogP contribution >= 0.6 is 15.9 Å². The van der Waals surface area contributed by atoms with Crippen molar-refractivity contribution in [2.75, 3.05) is 11.9 Å². The highest BCUT2D eigenvalue weighted by molar-refractivity contribution is 9.10. The van der Waals surface area contributed by atoms with Crippen molar-refractivity contribution in [3.8, 4) is 5.75 Å². The van der Waals surface area contributed by atoms with Crippen LogP contribution in [0.4, 0.5) is 5.69 Å². The molecule has 4 aromatic rings. The molecule has 4 aromatic carbocycles. The van der Waals surface area contributed by atoms with E-state index in [1.54, 1.807) is 0 Å². The van der Waals surface area contributed by atoms with Crippen molar-refractivity contribution in [2.24, 2.45) is 0 Å². The molecule has 8 heteroatoms. The first-order valence-electron chi connectivity index (χ1n) is 13.2. The van der Waals surface area contributed by atoms with Gasteiger partial charge in [0, 0.05) is 28.8 Å². The van der Waals surface area contributed by atoms with Gasteiger partial charge in [0.25, 0.3) is 11.9 Å². The van der Waals surface area contributed by atoms with Crippen LogP contribution in [0, 0.1) is 10.1 Å². The minimum absolute atomic E-state index is 0.105. The molecular weight excluding hydrogens is 558 g/mol. The molecule has 1 spiro atoms. The van der Waals surface area contributed by atoms with Crippen molar-refractivity contribution in [3.05, 3.63) is 116 Å². The zero-order valence-electron chi connectivity index (χ0n) is 21.0. The van der Waals surface area contributed by atoms with Crippen LogP contribution in [0.15, 0.2) is 89.4 Å². The third kappa shape index (κ3) is 3.54. The van der Waals surface area contributed by atoms with Gasteiger partial charge in [-0.3, -0.25) is 19.8 Å². The highest BCUT2D eigenvalue weighted by atomic mass is 79.9. The fraction of sp³-hybridized carbons (Fsp3) is 0.258. The lowest BCUT2D eigenvalue weighted by Gasteiger charge is -2.32. The molecule has 3 aliphatic heterocycles. The van der Waals surface area contributed by atoms with Gasteiger partial charge < -0.3 is 10.1 Å². The van der Waals surface area contributed by atoms with Crippen LogP contribution in [0.25, 0.3) is 10.8 Å². The summed E-state index contributed by atoms with van der Waals surface area (Å²) >= 11 is 3.67. The Labute approximate surface area is 234 Å². The van der Waals surface area contributed by atoms with Gasteiger partial charge in [-0.05, 0) is 68.9 Å². The Morgan fingerprint density at radius 3 is 2.69 bits per heavy atom. The number of fused-ring (bicyclic) bond motifs is 5. The normalized spacial score (nSPS) is 25.6. The van der Waals surface area contributed by atoms with E-state index in [4.69, 9.17) is 4.74 Å². The number of benzene rings is 4. The average molecular weight is 584 g/mol. The first-order chi connectivity index (χ1) is 19.0. The number of halogens is 1. The number of rotatable bonds is 5. The van der Waals surface area contributed by atoms with Crippen LogP contribution in [0.2, 0.25) is 0 Å². The van der Waals surface area contributed by atoms with Crippen molar-refractivity contribution in [2.45, 2.75) is 43.0 Å². The van der Waals surface area contributed by atoms with Crippen LogP contribution in [-0.2, 0) is 16.9 Å². The van der Waals surface area contributed by atoms with E-state index in [1.165, 1.54) is 0 Å². The predicted molar refractivity (Wildman–Crippen MR) is 152 cm³/mol. The summed E-state index contributed by atoms with van der Waals surface area (Å²) in [7, 11) is 0. The van der Waals surface area contributed by atoms with E-state index in [2.05, 4.69) is 50.4 Å². The van der Waals surface area contributed by atoms with E-state index in [0.29, 0.717) is 30.2 Å². The van der Waals surface area contributed by atoms with Crippen molar-refractivity contribution in [1.29, 1.82) is 0 Å². The maximum atomic E-state index is 13.6. The number of amides is 1. The molecule has 2 saturated heterocycles. The first-order valence-corrected chi connectivity index (χ1v) is 14.0. The lowest BCUT2D eigenvalue weighted by molar-refractivity contribution is -0.534. The van der Waals surface area contributed by atoms with Gasteiger partial charge in [-0.2, -0.15) is 0 Å². The molecule has 4 atom stereocenters. The number of ether oxygens (including phenoxy) is 1. The van der Waals surface area contributed by atoms with Gasteiger partial charge in [0.2, 0.25) is 0 Å². The summed E-state index contributed by atoms with van der Waals surface area (Å²) in [6.07, 6.45) is 1.71. The van der Waals surface area contributed by atoms with Crippen LogP contribution in [-0.4, -0.2) is 34.4 Å². The Hall–Kier alpha value is -3.75. The summed E-state index contributed by atoms with van der Waals surface area (Å²) in [5.41, 5.74) is 1.98. The van der Waals surface area contributed by atoms with Crippen LogP contribution < -0.4 is 10.1 Å². The molecule has 3 aliphatic rings. The molecule has 196 valence electrons. The molecule has 39 heavy (non-hydrogen) atoms. The number of carbonyl (C=O) groups excluding carboxylic acids is 1. The quantitative estimate of drug-likeness (QED) is 0.222. The lowest BCUT2D eigenvalue weighted by atomic mass is 9.77. The van der Waals surface area contributed by atoms with Gasteiger partial charge >= 0.3 is 0 Å². The molecule has 1 N–H and O–H groups in total. The molecule has 0 aromatic heterocycles. The molecule has 7 nitrogen and oxygen atoms in total. The molecular formula is C31H26BrN3O4. The fourth-order valence-electron chi connectivity index (χ4n) is 7.19. The van der Waals surface area contributed by atoms with E-state index in [-0.39, 0.29) is 16.9 Å². The molecule has 0 radical (unpaired) electrons. The maximum absolute atomic E-state index is 13.6. The Bertz CT molecular complexity index is 1640. The number of carbonyl (C=O) groups is 1. The number of hydrogen-bond acceptors (Lipinski definition) is 5. The Kier molecular flexibility index (Phi) is 5.72. The second-order valence-electron chi connectivity index (χ2n) is 10.5. The molecule has 0 unspecified atom stereocenters. The molecule has 2 fully saturated rings. The van der Waals surface area contributed by atoms with Crippen LogP contribution in [0.1, 0.15) is 35.4 Å². The summed E-state index contributed by atoms with van der Waals surface area (Å²) in [6, 6.07) is 26.3. The lowest BCUT2D eigenvalue weighted by Crippen LogP contribution is -2.55. The second kappa shape index (κ2) is 9.17. The zero-order chi connectivity index (χ0) is 26.7. The molecule has 0 saturated carbocycles. The molecule has 0 bridgehead atoms. The summed E-state index contributed by atoms with van der Waals surface area (Å²) < 4.78 is 6.95. The molecule has 0 aliphatic carbocycles. The maximum Gasteiger partial charge on any atom is 0.256 e. The monoisotopic (exact) mass is 583 g/mol.